The summed E-state index contributed by atoms with van der Waals surface area (Å²) in [5.41, 5.74) is 5.30. The second-order valence-corrected chi connectivity index (χ2v) is 6.81. The normalized spacial score (nSPS) is 14.9. The van der Waals surface area contributed by atoms with E-state index in [0.717, 1.165) is 24.9 Å². The Morgan fingerprint density at radius 2 is 2.05 bits per heavy atom. The lowest BCUT2D eigenvalue weighted by atomic mass is 10.0. The number of aryl methyl sites for hydroxylation is 1. The number of nitrogens with zero attached hydrogens (tertiary/aromatic N) is 1. The first-order valence-corrected chi connectivity index (χ1v) is 8.72. The van der Waals surface area contributed by atoms with E-state index >= 15 is 0 Å². The lowest BCUT2D eigenvalue weighted by Crippen LogP contribution is -2.07. The van der Waals surface area contributed by atoms with E-state index in [2.05, 4.69) is 53.0 Å². The van der Waals surface area contributed by atoms with Gasteiger partial charge in [-0.2, -0.15) is 0 Å². The minimum absolute atomic E-state index is 1.04. The van der Waals surface area contributed by atoms with Crippen molar-refractivity contribution in [3.05, 3.63) is 33.0 Å². The van der Waals surface area contributed by atoms with E-state index in [9.17, 15) is 0 Å². The predicted molar refractivity (Wildman–Crippen MR) is 94.5 cm³/mol. The highest BCUT2D eigenvalue weighted by atomic mass is 127. The van der Waals surface area contributed by atoms with Gasteiger partial charge >= 0.3 is 0 Å². The van der Waals surface area contributed by atoms with Gasteiger partial charge in [-0.1, -0.05) is 13.3 Å². The fourth-order valence-corrected chi connectivity index (χ4v) is 3.52. The van der Waals surface area contributed by atoms with Gasteiger partial charge in [-0.3, -0.25) is 4.98 Å². The average Bonchev–Trinajstić information content (AvgIpc) is 2.69. The van der Waals surface area contributed by atoms with E-state index in [4.69, 9.17) is 4.98 Å². The number of rotatable bonds is 3. The summed E-state index contributed by atoms with van der Waals surface area (Å²) in [6.07, 6.45) is 7.38. The van der Waals surface area contributed by atoms with Crippen molar-refractivity contribution in [2.75, 3.05) is 11.9 Å². The van der Waals surface area contributed by atoms with Crippen LogP contribution in [0.3, 0.4) is 0 Å². The molecule has 0 radical (unpaired) electrons. The number of nitrogens with one attached hydrogen (secondary N) is 1. The molecule has 2 aromatic rings. The second-order valence-electron chi connectivity index (χ2n) is 5.56. The van der Waals surface area contributed by atoms with Crippen LogP contribution in [0, 0.1) is 3.57 Å². The number of pyridine rings is 1. The van der Waals surface area contributed by atoms with Crippen LogP contribution < -0.4 is 5.32 Å². The molecule has 1 N–H and O–H groups in total. The molecule has 1 aliphatic carbocycles. The van der Waals surface area contributed by atoms with Crippen LogP contribution in [0.1, 0.15) is 43.9 Å². The maximum atomic E-state index is 4.94. The number of halogens is 1. The summed E-state index contributed by atoms with van der Waals surface area (Å²) >= 11 is 2.39. The van der Waals surface area contributed by atoms with Crippen LogP contribution in [0.2, 0.25) is 0 Å². The quantitative estimate of drug-likeness (QED) is 0.603. The Balaban J connectivity index is 2.20. The number of fused-ring (bicyclic) bond motifs is 2. The topological polar surface area (TPSA) is 24.9 Å². The average molecular weight is 380 g/mol. The van der Waals surface area contributed by atoms with Crippen molar-refractivity contribution in [3.63, 3.8) is 0 Å². The zero-order chi connectivity index (χ0) is 13.9. The van der Waals surface area contributed by atoms with E-state index in [1.54, 1.807) is 0 Å². The lowest BCUT2D eigenvalue weighted by molar-refractivity contribution is 0.709. The van der Waals surface area contributed by atoms with Crippen LogP contribution in [0.15, 0.2) is 18.2 Å². The van der Waals surface area contributed by atoms with Gasteiger partial charge in [0.15, 0.2) is 0 Å². The molecule has 0 unspecified atom stereocenters. The summed E-state index contributed by atoms with van der Waals surface area (Å²) in [4.78, 5) is 4.94. The molecule has 1 aromatic carbocycles. The van der Waals surface area contributed by atoms with Crippen molar-refractivity contribution in [3.8, 4) is 0 Å². The summed E-state index contributed by atoms with van der Waals surface area (Å²) in [7, 11) is 0. The van der Waals surface area contributed by atoms with Gasteiger partial charge in [0.05, 0.1) is 5.52 Å². The Morgan fingerprint density at radius 1 is 1.20 bits per heavy atom. The van der Waals surface area contributed by atoms with Crippen LogP contribution in [-0.2, 0) is 12.8 Å². The van der Waals surface area contributed by atoms with Crippen molar-refractivity contribution in [1.82, 2.24) is 4.98 Å². The van der Waals surface area contributed by atoms with Crippen molar-refractivity contribution in [2.24, 2.45) is 0 Å². The van der Waals surface area contributed by atoms with Crippen LogP contribution >= 0.6 is 22.6 Å². The summed E-state index contributed by atoms with van der Waals surface area (Å²) in [5.74, 6) is 0. The molecular weight excluding hydrogens is 359 g/mol. The molecule has 3 heteroatoms. The summed E-state index contributed by atoms with van der Waals surface area (Å²) < 4.78 is 1.28. The maximum Gasteiger partial charge on any atom is 0.0727 e. The fraction of sp³-hybridized carbons (Fsp3) is 0.471. The van der Waals surface area contributed by atoms with E-state index in [0.29, 0.717) is 0 Å². The number of benzene rings is 1. The first kappa shape index (κ1) is 14.1. The van der Waals surface area contributed by atoms with Crippen LogP contribution in [-0.4, -0.2) is 11.5 Å². The smallest absolute Gasteiger partial charge is 0.0727 e. The third-order valence-electron chi connectivity index (χ3n) is 4.03. The van der Waals surface area contributed by atoms with Gasteiger partial charge in [0.2, 0.25) is 0 Å². The maximum absolute atomic E-state index is 4.94. The minimum atomic E-state index is 1.04. The molecule has 0 saturated heterocycles. The van der Waals surface area contributed by atoms with Gasteiger partial charge < -0.3 is 5.32 Å². The highest BCUT2D eigenvalue weighted by molar-refractivity contribution is 14.1. The van der Waals surface area contributed by atoms with Crippen molar-refractivity contribution in [2.45, 2.75) is 45.4 Å². The molecule has 0 aliphatic heterocycles. The Bertz CT molecular complexity index is 622. The van der Waals surface area contributed by atoms with Gasteiger partial charge in [0.1, 0.15) is 0 Å². The molecule has 0 amide bonds. The molecule has 20 heavy (non-hydrogen) atoms. The van der Waals surface area contributed by atoms with E-state index < -0.39 is 0 Å². The molecule has 0 atom stereocenters. The fourth-order valence-electron chi connectivity index (χ4n) is 3.02. The molecule has 0 saturated carbocycles. The Labute approximate surface area is 134 Å². The molecule has 2 nitrogen and oxygen atoms in total. The monoisotopic (exact) mass is 380 g/mol. The Hall–Kier alpha value is -0.840. The Kier molecular flexibility index (Phi) is 4.44. The molecule has 106 valence electrons. The second kappa shape index (κ2) is 6.29. The minimum Gasteiger partial charge on any atom is -0.384 e. The van der Waals surface area contributed by atoms with Crippen LogP contribution in [0.4, 0.5) is 5.69 Å². The number of aromatic nitrogens is 1. The van der Waals surface area contributed by atoms with Crippen LogP contribution in [0.25, 0.3) is 10.9 Å². The van der Waals surface area contributed by atoms with E-state index in [1.807, 2.05) is 0 Å². The molecule has 0 bridgehead atoms. The third-order valence-corrected chi connectivity index (χ3v) is 4.70. The first-order chi connectivity index (χ1) is 9.79. The molecule has 1 heterocycles. The Morgan fingerprint density at radius 3 is 2.90 bits per heavy atom. The van der Waals surface area contributed by atoms with Crippen LogP contribution in [0.5, 0.6) is 0 Å². The molecular formula is C17H21IN2. The van der Waals surface area contributed by atoms with Gasteiger partial charge in [-0.05, 0) is 78.5 Å². The summed E-state index contributed by atoms with van der Waals surface area (Å²) in [6.45, 7) is 3.26. The standard InChI is InChI=1S/C17H21IN2/c1-2-10-19-17-13-6-4-3-5-7-15(13)20-16-9-8-12(18)11-14(16)17/h8-9,11H,2-7,10H2,1H3,(H,19,20). The molecule has 1 aromatic heterocycles. The van der Waals surface area contributed by atoms with Crippen molar-refractivity contribution in [1.29, 1.82) is 0 Å². The highest BCUT2D eigenvalue weighted by Crippen LogP contribution is 2.33. The SMILES string of the molecule is CCCNc1c2c(nc3ccc(I)cc13)CCCCC2. The summed E-state index contributed by atoms with van der Waals surface area (Å²) in [6, 6.07) is 6.59. The van der Waals surface area contributed by atoms with E-state index in [1.165, 1.54) is 51.6 Å². The van der Waals surface area contributed by atoms with Gasteiger partial charge in [-0.15, -0.1) is 0 Å². The predicted octanol–water partition coefficient (Wildman–Crippen LogP) is 4.93. The molecule has 0 fully saturated rings. The largest absolute Gasteiger partial charge is 0.384 e. The van der Waals surface area contributed by atoms with Crippen molar-refractivity contribution < 1.29 is 0 Å². The molecule has 3 rings (SSSR count). The zero-order valence-electron chi connectivity index (χ0n) is 12.0. The first-order valence-electron chi connectivity index (χ1n) is 7.64. The highest BCUT2D eigenvalue weighted by Gasteiger charge is 2.17. The molecule has 0 spiro atoms. The van der Waals surface area contributed by atoms with Gasteiger partial charge in [0.25, 0.3) is 0 Å². The zero-order valence-corrected chi connectivity index (χ0v) is 14.2. The van der Waals surface area contributed by atoms with E-state index in [-0.39, 0.29) is 0 Å². The van der Waals surface area contributed by atoms with Gasteiger partial charge in [0, 0.05) is 26.9 Å². The third kappa shape index (κ3) is 2.78. The lowest BCUT2D eigenvalue weighted by Gasteiger charge is -2.17. The number of hydrogen-bond acceptors (Lipinski definition) is 2. The number of hydrogen-bond donors (Lipinski definition) is 1. The summed E-state index contributed by atoms with van der Waals surface area (Å²) in [5, 5.41) is 4.97. The van der Waals surface area contributed by atoms with Gasteiger partial charge in [-0.25, -0.2) is 0 Å². The molecule has 1 aliphatic rings. The van der Waals surface area contributed by atoms with Crippen molar-refractivity contribution >= 4 is 39.2 Å². The number of anilines is 1.